The maximum atomic E-state index is 11.7. The van der Waals surface area contributed by atoms with Gasteiger partial charge in [0.1, 0.15) is 0 Å². The summed E-state index contributed by atoms with van der Waals surface area (Å²) in [7, 11) is 0. The van der Waals surface area contributed by atoms with Gasteiger partial charge in [0.05, 0.1) is 14.6 Å². The third kappa shape index (κ3) is 21.9. The molecule has 0 amide bonds. The van der Waals surface area contributed by atoms with Crippen molar-refractivity contribution in [3.05, 3.63) is 225 Å². The molecule has 0 aliphatic carbocycles. The molecule has 22 nitrogen and oxygen atoms in total. The number of hydrogen-bond acceptors (Lipinski definition) is 21. The second-order valence-corrected chi connectivity index (χ2v) is 21.1. The number of ketones is 3. The van der Waals surface area contributed by atoms with Crippen LogP contribution in [0.3, 0.4) is 0 Å². The van der Waals surface area contributed by atoms with E-state index in [-0.39, 0.29) is 90.8 Å². The fourth-order valence-corrected chi connectivity index (χ4v) is 9.69. The zero-order chi connectivity index (χ0) is 64.6. The van der Waals surface area contributed by atoms with Crippen LogP contribution in [0, 0.1) is 49.4 Å². The summed E-state index contributed by atoms with van der Waals surface area (Å²) in [4.78, 5) is 66.4. The van der Waals surface area contributed by atoms with Crippen molar-refractivity contribution in [2.75, 3.05) is 36.0 Å². The molecule has 0 unspecified atom stereocenters. The Kier molecular flexibility index (Phi) is 29.5. The smallest absolute Gasteiger partial charge is 0.876 e. The van der Waals surface area contributed by atoms with Gasteiger partial charge in [-0.2, -0.15) is 63.5 Å². The maximum Gasteiger partial charge on any atom is 3.00 e. The van der Waals surface area contributed by atoms with Gasteiger partial charge in [0.15, 0.2) is 29.0 Å². The molecule has 0 aliphatic heterocycles. The average Bonchev–Trinajstić information content (AvgIpc) is 1.20. The van der Waals surface area contributed by atoms with Gasteiger partial charge in [0, 0.05) is 98.3 Å². The zero-order valence-electron chi connectivity index (χ0n) is 49.6. The normalized spacial score (nSPS) is 11.1. The van der Waals surface area contributed by atoms with Gasteiger partial charge >= 0.3 is 55.6 Å². The van der Waals surface area contributed by atoms with Gasteiger partial charge in [-0.05, 0) is 159 Å². The molecular weight excluding hydrogens is 1380 g/mol. The van der Waals surface area contributed by atoms with Crippen LogP contribution in [0.4, 0.5) is 24.5 Å². The minimum atomic E-state index is -4.98. The van der Waals surface area contributed by atoms with Gasteiger partial charge in [-0.25, -0.2) is 18.7 Å². The topological polar surface area (TPSA) is 275 Å². The minimum absolute atomic E-state index is 0. The van der Waals surface area contributed by atoms with Crippen molar-refractivity contribution in [1.82, 2.24) is 69.0 Å². The first kappa shape index (κ1) is 73.7. The van der Waals surface area contributed by atoms with Crippen LogP contribution in [0.15, 0.2) is 210 Å². The number of hydrogen-bond donors (Lipinski definition) is 0. The number of halogens is 3. The van der Waals surface area contributed by atoms with Gasteiger partial charge in [-0.1, -0.05) is 39.5 Å². The van der Waals surface area contributed by atoms with Gasteiger partial charge in [0.2, 0.25) is 0 Å². The van der Waals surface area contributed by atoms with E-state index >= 15 is 0 Å². The molecule has 11 aromatic rings. The van der Waals surface area contributed by atoms with Gasteiger partial charge < -0.3 is 25.1 Å². The van der Waals surface area contributed by atoms with Crippen molar-refractivity contribution >= 4 is 62.7 Å². The number of benzene rings is 2. The SMILES string of the molecule is C.CC([O-])=CC(=O)c1cccs1.CC([O-])=CC(=O)c1cccs1.CCN(CC)c1ccc(-c2nc(-n3cccn3)nc(-n3cccn3)n2)cc1.CCN(CC)c1ccc(-c2nc(-n3cccn3)nc(-n3cccn3)n2)cc1.O=C(C=C([O-])C(F)(F)F)c1cccs1.[Eu+3]. The molecule has 476 valence electrons. The molecule has 0 saturated carbocycles. The molecule has 92 heavy (non-hydrogen) atoms. The molecule has 0 atom stereocenters. The van der Waals surface area contributed by atoms with E-state index in [1.165, 1.54) is 60.0 Å². The third-order valence-electron chi connectivity index (χ3n) is 12.1. The molecule has 0 radical (unpaired) electrons. The van der Waals surface area contributed by atoms with E-state index in [1.54, 1.807) is 109 Å². The molecule has 11 rings (SSSR count). The summed E-state index contributed by atoms with van der Waals surface area (Å²) in [6.07, 6.45) is 11.3. The molecule has 0 spiro atoms. The van der Waals surface area contributed by atoms with E-state index in [9.17, 15) is 42.9 Å². The Hall–Kier alpha value is -9.00. The number of aromatic nitrogens is 14. The Morgan fingerprint density at radius 1 is 0.457 bits per heavy atom. The Balaban J connectivity index is 0.000000220. The average molecular weight is 1440 g/mol. The Morgan fingerprint density at radius 2 is 0.739 bits per heavy atom. The summed E-state index contributed by atoms with van der Waals surface area (Å²) in [6.45, 7) is 15.2. The maximum absolute atomic E-state index is 11.7. The van der Waals surface area contributed by atoms with Gasteiger partial charge in [0.25, 0.3) is 23.8 Å². The predicted molar refractivity (Wildman–Crippen MR) is 340 cm³/mol. The van der Waals surface area contributed by atoms with E-state index in [0.29, 0.717) is 45.2 Å². The van der Waals surface area contributed by atoms with Crippen LogP contribution in [-0.2, 0) is 0 Å². The van der Waals surface area contributed by atoms with Crippen LogP contribution in [0.1, 0.15) is 78.0 Å². The standard InChI is InChI=1S/2C19H20N8.C8H5F3O2S.2C8H8O2S.CH4.Eu/c2*1-3-25(4-2)16-9-7-15(8-10-16)17-22-18(26-13-5-11-20-26)24-19(23-17)27-14-6-12-21-27;9-8(10,11)7(13)4-5(12)6-2-1-3-14-6;2*1-6(9)5-7(10)8-3-2-4-11-8;;/h2*5-14H,3-4H2,1-2H3;1-4,13H;2*2-5,9H,1H3;1H4;/q;;;;;;+3/p-3. The molecule has 0 fully saturated rings. The second-order valence-electron chi connectivity index (χ2n) is 18.3. The third-order valence-corrected chi connectivity index (χ3v) is 14.7. The van der Waals surface area contributed by atoms with Crippen LogP contribution >= 0.6 is 34.0 Å². The first-order valence-corrected chi connectivity index (χ1v) is 30.1. The molecule has 29 heteroatoms. The summed E-state index contributed by atoms with van der Waals surface area (Å²) in [6, 6.07) is 33.6. The van der Waals surface area contributed by atoms with Crippen molar-refractivity contribution in [2.45, 2.75) is 55.1 Å². The van der Waals surface area contributed by atoms with Crippen LogP contribution in [0.2, 0.25) is 0 Å². The first-order valence-electron chi connectivity index (χ1n) is 27.5. The van der Waals surface area contributed by atoms with Gasteiger partial charge in [-0.3, -0.25) is 14.4 Å². The Morgan fingerprint density at radius 3 is 0.957 bits per heavy atom. The van der Waals surface area contributed by atoms with Gasteiger partial charge in [-0.15, -0.1) is 45.5 Å². The fraction of sp³-hybridized carbons (Fsp3) is 0.190. The van der Waals surface area contributed by atoms with E-state index in [2.05, 4.69) is 112 Å². The van der Waals surface area contributed by atoms with Crippen LogP contribution in [0.25, 0.3) is 46.6 Å². The van der Waals surface area contributed by atoms with Crippen LogP contribution in [-0.4, -0.2) is 119 Å². The summed E-state index contributed by atoms with van der Waals surface area (Å²) in [5, 5.41) is 53.4. The minimum Gasteiger partial charge on any atom is -0.876 e. The molecule has 9 heterocycles. The van der Waals surface area contributed by atoms with Crippen molar-refractivity contribution in [1.29, 1.82) is 0 Å². The van der Waals surface area contributed by atoms with Crippen molar-refractivity contribution < 1.29 is 92.3 Å². The molecule has 0 aliphatic rings. The van der Waals surface area contributed by atoms with E-state index in [1.807, 2.05) is 48.5 Å². The van der Waals surface area contributed by atoms with Crippen molar-refractivity contribution in [3.63, 3.8) is 0 Å². The summed E-state index contributed by atoms with van der Waals surface area (Å²) < 4.78 is 41.6. The number of carbonyl (C=O) groups is 3. The van der Waals surface area contributed by atoms with Crippen molar-refractivity contribution in [3.8, 4) is 46.6 Å². The van der Waals surface area contributed by atoms with E-state index in [4.69, 9.17) is 0 Å². The summed E-state index contributed by atoms with van der Waals surface area (Å²) in [5.74, 6) is -0.914. The number of rotatable bonds is 18. The zero-order valence-corrected chi connectivity index (χ0v) is 54.5. The number of allylic oxidation sites excluding steroid dienone is 6. The number of thiophene rings is 3. The predicted octanol–water partition coefficient (Wildman–Crippen LogP) is 10.3. The number of alkyl halides is 3. The number of carbonyl (C=O) groups excluding carboxylic acids is 3. The Labute approximate surface area is 581 Å². The molecular formula is C63H62EuF3N16O6S3. The second kappa shape index (κ2) is 36.7. The number of nitrogens with zero attached hydrogens (tertiary/aromatic N) is 16. The first-order chi connectivity index (χ1) is 43.4. The monoisotopic (exact) mass is 1440 g/mol. The van der Waals surface area contributed by atoms with Crippen molar-refractivity contribution in [2.24, 2.45) is 0 Å². The molecule has 2 aromatic carbocycles. The van der Waals surface area contributed by atoms with Crippen LogP contribution < -0.4 is 25.1 Å². The quantitative estimate of drug-likeness (QED) is 0.0438. The Bertz CT molecular complexity index is 3710. The molecule has 0 N–H and O–H groups in total. The summed E-state index contributed by atoms with van der Waals surface area (Å²) in [5.41, 5.74) is 4.18. The fourth-order valence-electron chi connectivity index (χ4n) is 7.78. The largest absolute Gasteiger partial charge is 3.00 e. The van der Waals surface area contributed by atoms with E-state index < -0.39 is 17.7 Å². The number of anilines is 2. The molecule has 0 bridgehead atoms. The van der Waals surface area contributed by atoms with E-state index in [0.717, 1.165) is 60.8 Å². The molecule has 0 saturated heterocycles. The summed E-state index contributed by atoms with van der Waals surface area (Å²) >= 11 is 3.66. The van der Waals surface area contributed by atoms with Crippen LogP contribution in [0.5, 0.6) is 0 Å². The molecule has 9 aromatic heterocycles.